The first kappa shape index (κ1) is 20.2. The predicted molar refractivity (Wildman–Crippen MR) is 123 cm³/mol. The first-order chi connectivity index (χ1) is 14.1. The molecule has 2 aromatic carbocycles. The molecular weight excluding hydrogens is 401 g/mol. The van der Waals surface area contributed by atoms with Gasteiger partial charge >= 0.3 is 0 Å². The minimum absolute atomic E-state index is 0.625. The maximum Gasteiger partial charge on any atom is 0.0744 e. The number of nitrogens with zero attached hydrogens (tertiary/aromatic N) is 3. The zero-order valence-corrected chi connectivity index (χ0v) is 18.3. The molecule has 0 amide bonds. The maximum atomic E-state index is 6.50. The molecule has 2 heterocycles. The number of likely N-dealkylation sites (N-methyl/N-ethyl adjacent to an activating group) is 1. The Labute approximate surface area is 182 Å². The number of hydrogen-bond donors (Lipinski definition) is 0. The van der Waals surface area contributed by atoms with Crippen LogP contribution in [0.15, 0.2) is 59.9 Å². The molecule has 0 aliphatic carbocycles. The number of fused-ring (bicyclic) bond motifs is 3. The Hall–Kier alpha value is -2.07. The van der Waals surface area contributed by atoms with Gasteiger partial charge in [-0.2, -0.15) is 0 Å². The van der Waals surface area contributed by atoms with Gasteiger partial charge in [0.05, 0.1) is 12.3 Å². The Balaban J connectivity index is 1.75. The van der Waals surface area contributed by atoms with Gasteiger partial charge in [-0.1, -0.05) is 61.3 Å². The molecule has 3 nitrogen and oxygen atoms in total. The third-order valence-corrected chi connectivity index (χ3v) is 6.16. The third kappa shape index (κ3) is 4.13. The summed E-state index contributed by atoms with van der Waals surface area (Å²) in [7, 11) is 0. The normalized spacial score (nSPS) is 13.1. The van der Waals surface area contributed by atoms with E-state index in [1.807, 2.05) is 36.4 Å². The van der Waals surface area contributed by atoms with Crippen molar-refractivity contribution in [2.45, 2.75) is 26.9 Å². The fourth-order valence-electron chi connectivity index (χ4n) is 3.93. The van der Waals surface area contributed by atoms with Gasteiger partial charge in [-0.15, -0.1) is 0 Å². The van der Waals surface area contributed by atoms with Gasteiger partial charge in [0.25, 0.3) is 0 Å². The summed E-state index contributed by atoms with van der Waals surface area (Å²) in [6, 6.07) is 13.9. The lowest BCUT2D eigenvalue weighted by Gasteiger charge is -2.18. The van der Waals surface area contributed by atoms with Crippen LogP contribution in [0.1, 0.15) is 30.5 Å². The molecule has 5 heteroatoms. The second-order valence-electron chi connectivity index (χ2n) is 7.30. The summed E-state index contributed by atoms with van der Waals surface area (Å²) >= 11 is 12.9. The van der Waals surface area contributed by atoms with Gasteiger partial charge < -0.3 is 9.47 Å². The molecule has 4 rings (SSSR count). The van der Waals surface area contributed by atoms with Crippen molar-refractivity contribution in [1.29, 1.82) is 0 Å². The highest BCUT2D eigenvalue weighted by Gasteiger charge is 2.22. The Kier molecular flexibility index (Phi) is 6.09. The van der Waals surface area contributed by atoms with Crippen molar-refractivity contribution in [2.24, 2.45) is 4.99 Å². The van der Waals surface area contributed by atoms with Crippen LogP contribution < -0.4 is 0 Å². The molecule has 0 fully saturated rings. The van der Waals surface area contributed by atoms with Crippen molar-refractivity contribution < 1.29 is 0 Å². The van der Waals surface area contributed by atoms with E-state index in [1.165, 1.54) is 11.1 Å². The predicted octanol–water partition coefficient (Wildman–Crippen LogP) is 6.15. The van der Waals surface area contributed by atoms with E-state index in [2.05, 4.69) is 41.8 Å². The lowest BCUT2D eigenvalue weighted by Crippen LogP contribution is -2.26. The van der Waals surface area contributed by atoms with Gasteiger partial charge in [-0.3, -0.25) is 4.99 Å². The van der Waals surface area contributed by atoms with Crippen LogP contribution in [0, 0.1) is 0 Å². The maximum absolute atomic E-state index is 6.50. The molecule has 1 aliphatic rings. The Bertz CT molecular complexity index is 1050. The van der Waals surface area contributed by atoms with Gasteiger partial charge in [0.1, 0.15) is 0 Å². The van der Waals surface area contributed by atoms with E-state index in [4.69, 9.17) is 28.2 Å². The third-order valence-electron chi connectivity index (χ3n) is 5.59. The zero-order chi connectivity index (χ0) is 20.4. The largest absolute Gasteiger partial charge is 0.352 e. The first-order valence-electron chi connectivity index (χ1n) is 10.1. The van der Waals surface area contributed by atoms with E-state index in [0.717, 1.165) is 48.6 Å². The minimum Gasteiger partial charge on any atom is -0.352 e. The summed E-state index contributed by atoms with van der Waals surface area (Å²) in [6.07, 6.45) is 4.48. The summed E-state index contributed by atoms with van der Waals surface area (Å²) in [5, 5.41) is 1.40. The van der Waals surface area contributed by atoms with E-state index in [0.29, 0.717) is 16.6 Å². The monoisotopic (exact) mass is 425 g/mol. The number of rotatable bonds is 6. The molecule has 0 radical (unpaired) electrons. The highest BCUT2D eigenvalue weighted by molar-refractivity contribution is 6.36. The van der Waals surface area contributed by atoms with Crippen molar-refractivity contribution in [3.05, 3.63) is 81.6 Å². The van der Waals surface area contributed by atoms with Gasteiger partial charge in [0.2, 0.25) is 0 Å². The molecule has 1 aromatic heterocycles. The van der Waals surface area contributed by atoms with E-state index in [1.54, 1.807) is 0 Å². The van der Waals surface area contributed by atoms with E-state index < -0.39 is 0 Å². The van der Waals surface area contributed by atoms with Crippen LogP contribution >= 0.6 is 23.2 Å². The highest BCUT2D eigenvalue weighted by Crippen LogP contribution is 2.36. The molecule has 29 heavy (non-hydrogen) atoms. The van der Waals surface area contributed by atoms with Crippen LogP contribution in [-0.2, 0) is 13.1 Å². The van der Waals surface area contributed by atoms with Crippen LogP contribution in [0.25, 0.3) is 11.1 Å². The van der Waals surface area contributed by atoms with Crippen molar-refractivity contribution in [3.63, 3.8) is 0 Å². The average molecular weight is 426 g/mol. The zero-order valence-electron chi connectivity index (χ0n) is 16.8. The average Bonchev–Trinajstić information content (AvgIpc) is 3.07. The van der Waals surface area contributed by atoms with Crippen molar-refractivity contribution >= 4 is 28.9 Å². The van der Waals surface area contributed by atoms with Crippen LogP contribution in [0.2, 0.25) is 10.0 Å². The van der Waals surface area contributed by atoms with Gasteiger partial charge in [0, 0.05) is 52.2 Å². The van der Waals surface area contributed by atoms with Crippen LogP contribution in [-0.4, -0.2) is 34.8 Å². The quantitative estimate of drug-likeness (QED) is 0.463. The molecule has 0 spiro atoms. The summed E-state index contributed by atoms with van der Waals surface area (Å²) in [6.45, 7) is 9.20. The Morgan fingerprint density at radius 2 is 1.72 bits per heavy atom. The standard InChI is InChI=1S/C24H25Cl2N3/c1-3-28(4-2)11-12-29-15-17-14-27-24(20-7-5-6-8-23(20)26)21-13-18(25)9-10-19(21)22(17)16-29/h5-10,13,15-16H,3-4,11-12,14H2,1-2H3. The van der Waals surface area contributed by atoms with E-state index in [-0.39, 0.29) is 0 Å². The molecule has 0 saturated carbocycles. The minimum atomic E-state index is 0.625. The Morgan fingerprint density at radius 3 is 2.48 bits per heavy atom. The molecule has 150 valence electrons. The van der Waals surface area contributed by atoms with Crippen molar-refractivity contribution in [3.8, 4) is 11.1 Å². The number of benzene rings is 2. The van der Waals surface area contributed by atoms with E-state index >= 15 is 0 Å². The molecule has 1 aliphatic heterocycles. The first-order valence-corrected chi connectivity index (χ1v) is 10.9. The molecule has 0 N–H and O–H groups in total. The lowest BCUT2D eigenvalue weighted by molar-refractivity contribution is 0.290. The molecule has 0 unspecified atom stereocenters. The Morgan fingerprint density at radius 1 is 0.931 bits per heavy atom. The summed E-state index contributed by atoms with van der Waals surface area (Å²) < 4.78 is 2.29. The fourth-order valence-corrected chi connectivity index (χ4v) is 4.33. The van der Waals surface area contributed by atoms with Crippen molar-refractivity contribution in [1.82, 2.24) is 9.47 Å². The van der Waals surface area contributed by atoms with Crippen LogP contribution in [0.5, 0.6) is 0 Å². The van der Waals surface area contributed by atoms with Crippen LogP contribution in [0.4, 0.5) is 0 Å². The van der Waals surface area contributed by atoms with Gasteiger partial charge in [0.15, 0.2) is 0 Å². The molecular formula is C24H25Cl2N3. The summed E-state index contributed by atoms with van der Waals surface area (Å²) in [5.74, 6) is 0. The summed E-state index contributed by atoms with van der Waals surface area (Å²) in [4.78, 5) is 7.41. The molecule has 3 aromatic rings. The summed E-state index contributed by atoms with van der Waals surface area (Å²) in [5.41, 5.74) is 6.49. The second kappa shape index (κ2) is 8.74. The molecule has 0 bridgehead atoms. The second-order valence-corrected chi connectivity index (χ2v) is 8.14. The smallest absolute Gasteiger partial charge is 0.0744 e. The molecule has 0 saturated heterocycles. The topological polar surface area (TPSA) is 20.5 Å². The van der Waals surface area contributed by atoms with E-state index in [9.17, 15) is 0 Å². The molecule has 0 atom stereocenters. The number of hydrogen-bond acceptors (Lipinski definition) is 2. The number of aliphatic imine (C=N–C) groups is 1. The highest BCUT2D eigenvalue weighted by atomic mass is 35.5. The SMILES string of the molecule is CCN(CC)CCn1cc2c(c1)-c1ccc(Cl)cc1C(c1ccccc1Cl)=NC2. The fraction of sp³-hybridized carbons (Fsp3) is 0.292. The lowest BCUT2D eigenvalue weighted by atomic mass is 9.94. The van der Waals surface area contributed by atoms with Gasteiger partial charge in [-0.25, -0.2) is 0 Å². The number of halogens is 2. The number of aromatic nitrogens is 1. The van der Waals surface area contributed by atoms with Gasteiger partial charge in [-0.05, 0) is 42.4 Å². The van der Waals surface area contributed by atoms with Crippen LogP contribution in [0.3, 0.4) is 0 Å². The van der Waals surface area contributed by atoms with Crippen molar-refractivity contribution in [2.75, 3.05) is 19.6 Å².